The van der Waals surface area contributed by atoms with Crippen molar-refractivity contribution in [2.24, 2.45) is 0 Å². The Hall–Kier alpha value is -2.97. The third-order valence-electron chi connectivity index (χ3n) is 3.17. The van der Waals surface area contributed by atoms with Crippen molar-refractivity contribution in [3.8, 4) is 11.5 Å². The molecule has 0 aliphatic carbocycles. The van der Waals surface area contributed by atoms with E-state index in [1.807, 2.05) is 0 Å². The molecule has 0 N–H and O–H groups in total. The van der Waals surface area contributed by atoms with E-state index in [-0.39, 0.29) is 18.3 Å². The third kappa shape index (κ3) is 3.34. The molecule has 124 valence electrons. The van der Waals surface area contributed by atoms with Crippen molar-refractivity contribution in [3.05, 3.63) is 70.2 Å². The average Bonchev–Trinajstić information content (AvgIpc) is 2.97. The number of pyridine rings is 1. The van der Waals surface area contributed by atoms with E-state index >= 15 is 0 Å². The van der Waals surface area contributed by atoms with Gasteiger partial charge in [0.25, 0.3) is 5.56 Å². The fraction of sp³-hybridized carbons (Fsp3) is 0.133. The van der Waals surface area contributed by atoms with E-state index in [0.717, 1.165) is 10.6 Å². The highest BCUT2D eigenvalue weighted by molar-refractivity contribution is 5.51. The Bertz CT molecular complexity index is 913. The number of hydrogen-bond donors (Lipinski definition) is 0. The summed E-state index contributed by atoms with van der Waals surface area (Å²) in [5.74, 6) is -0.408. The summed E-state index contributed by atoms with van der Waals surface area (Å²) < 4.78 is 57.1. The van der Waals surface area contributed by atoms with E-state index in [9.17, 15) is 22.4 Å². The van der Waals surface area contributed by atoms with Gasteiger partial charge in [-0.25, -0.2) is 4.39 Å². The second kappa shape index (κ2) is 5.91. The molecule has 0 radical (unpaired) electrons. The zero-order chi connectivity index (χ0) is 17.3. The smallest absolute Gasteiger partial charge is 0.417 e. The van der Waals surface area contributed by atoms with Crippen molar-refractivity contribution in [2.45, 2.75) is 12.7 Å². The molecule has 0 bridgehead atoms. The number of aromatic nitrogens is 3. The summed E-state index contributed by atoms with van der Waals surface area (Å²) in [6, 6.07) is 6.77. The Kier molecular flexibility index (Phi) is 3.92. The van der Waals surface area contributed by atoms with Crippen LogP contribution < -0.4 is 5.56 Å². The van der Waals surface area contributed by atoms with Gasteiger partial charge in [0, 0.05) is 17.8 Å². The summed E-state index contributed by atoms with van der Waals surface area (Å²) in [6.07, 6.45) is -3.88. The lowest BCUT2D eigenvalue weighted by atomic mass is 10.2. The van der Waals surface area contributed by atoms with Crippen LogP contribution in [0, 0.1) is 5.82 Å². The predicted molar refractivity (Wildman–Crippen MR) is 74.5 cm³/mol. The summed E-state index contributed by atoms with van der Waals surface area (Å²) in [7, 11) is 0. The molecule has 0 atom stereocenters. The summed E-state index contributed by atoms with van der Waals surface area (Å²) in [4.78, 5) is 11.7. The first-order valence-corrected chi connectivity index (χ1v) is 6.69. The Balaban J connectivity index is 1.87. The molecule has 0 aliphatic rings. The zero-order valence-electron chi connectivity index (χ0n) is 11.9. The maximum Gasteiger partial charge on any atom is 0.417 e. The van der Waals surface area contributed by atoms with Crippen LogP contribution in [0.3, 0.4) is 0 Å². The van der Waals surface area contributed by atoms with E-state index in [4.69, 9.17) is 4.42 Å². The van der Waals surface area contributed by atoms with Gasteiger partial charge in [0.15, 0.2) is 0 Å². The van der Waals surface area contributed by atoms with Gasteiger partial charge in [-0.15, -0.1) is 10.2 Å². The van der Waals surface area contributed by atoms with Crippen LogP contribution >= 0.6 is 0 Å². The van der Waals surface area contributed by atoms with Gasteiger partial charge in [-0.3, -0.25) is 4.79 Å². The lowest BCUT2D eigenvalue weighted by molar-refractivity contribution is -0.138. The molecule has 5 nitrogen and oxygen atoms in total. The average molecular weight is 339 g/mol. The Morgan fingerprint density at radius 3 is 2.42 bits per heavy atom. The molecule has 9 heteroatoms. The van der Waals surface area contributed by atoms with Crippen LogP contribution in [0.25, 0.3) is 11.5 Å². The largest absolute Gasteiger partial charge is 0.419 e. The van der Waals surface area contributed by atoms with E-state index in [0.29, 0.717) is 17.8 Å². The highest BCUT2D eigenvalue weighted by Crippen LogP contribution is 2.28. The van der Waals surface area contributed by atoms with Gasteiger partial charge in [0.2, 0.25) is 11.8 Å². The van der Waals surface area contributed by atoms with E-state index in [1.54, 1.807) is 0 Å². The molecule has 1 aromatic carbocycles. The molecular formula is C15H9F4N3O2. The minimum atomic E-state index is -4.57. The molecule has 0 spiro atoms. The molecular weight excluding hydrogens is 330 g/mol. The highest BCUT2D eigenvalue weighted by atomic mass is 19.4. The standard InChI is InChI=1S/C15H9F4N3O2/c16-11-4-1-9(2-5-11)14-21-20-12(24-14)8-22-7-10(15(17,18)19)3-6-13(22)23/h1-7H,8H2. The van der Waals surface area contributed by atoms with Crippen LogP contribution in [0.15, 0.2) is 51.8 Å². The van der Waals surface area contributed by atoms with Gasteiger partial charge >= 0.3 is 6.18 Å². The van der Waals surface area contributed by atoms with Gasteiger partial charge in [-0.2, -0.15) is 13.2 Å². The fourth-order valence-electron chi connectivity index (χ4n) is 1.99. The second-order valence-electron chi connectivity index (χ2n) is 4.89. The van der Waals surface area contributed by atoms with Crippen LogP contribution in [0.5, 0.6) is 0 Å². The highest BCUT2D eigenvalue weighted by Gasteiger charge is 2.31. The van der Waals surface area contributed by atoms with Crippen molar-refractivity contribution < 1.29 is 22.0 Å². The van der Waals surface area contributed by atoms with Crippen LogP contribution in [-0.2, 0) is 12.7 Å². The fourth-order valence-corrected chi connectivity index (χ4v) is 1.99. The van der Waals surface area contributed by atoms with E-state index in [1.165, 1.54) is 24.3 Å². The summed E-state index contributed by atoms with van der Waals surface area (Å²) in [5, 5.41) is 7.43. The Labute approximate surface area is 132 Å². The molecule has 0 aliphatic heterocycles. The third-order valence-corrected chi connectivity index (χ3v) is 3.17. The van der Waals surface area contributed by atoms with Gasteiger partial charge in [0.1, 0.15) is 12.4 Å². The van der Waals surface area contributed by atoms with E-state index in [2.05, 4.69) is 10.2 Å². The maximum atomic E-state index is 12.9. The SMILES string of the molecule is O=c1ccc(C(F)(F)F)cn1Cc1nnc(-c2ccc(F)cc2)o1. The van der Waals surface area contributed by atoms with Crippen molar-refractivity contribution >= 4 is 0 Å². The predicted octanol–water partition coefficient (Wildman–Crippen LogP) is 3.10. The molecule has 0 saturated carbocycles. The van der Waals surface area contributed by atoms with Gasteiger partial charge in [-0.1, -0.05) is 0 Å². The Morgan fingerprint density at radius 1 is 1.04 bits per heavy atom. The van der Waals surface area contributed by atoms with Gasteiger partial charge in [-0.05, 0) is 30.3 Å². The number of nitrogens with zero attached hydrogens (tertiary/aromatic N) is 3. The summed E-state index contributed by atoms with van der Waals surface area (Å²) in [6.45, 7) is -0.309. The number of rotatable bonds is 3. The van der Waals surface area contributed by atoms with Crippen LogP contribution in [0.4, 0.5) is 17.6 Å². The van der Waals surface area contributed by atoms with Crippen LogP contribution in [0.1, 0.15) is 11.5 Å². The Morgan fingerprint density at radius 2 is 1.75 bits per heavy atom. The summed E-state index contributed by atoms with van der Waals surface area (Å²) in [5.41, 5.74) is -1.14. The molecule has 0 unspecified atom stereocenters. The second-order valence-corrected chi connectivity index (χ2v) is 4.89. The first-order valence-electron chi connectivity index (χ1n) is 6.69. The lowest BCUT2D eigenvalue weighted by Gasteiger charge is -2.08. The van der Waals surface area contributed by atoms with Gasteiger partial charge in [0.05, 0.1) is 5.56 Å². The molecule has 0 fully saturated rings. The molecule has 24 heavy (non-hydrogen) atoms. The molecule has 0 saturated heterocycles. The minimum Gasteiger partial charge on any atom is -0.419 e. The first-order chi connectivity index (χ1) is 11.3. The number of benzene rings is 1. The van der Waals surface area contributed by atoms with Crippen LogP contribution in [-0.4, -0.2) is 14.8 Å². The summed E-state index contributed by atoms with van der Waals surface area (Å²) >= 11 is 0. The lowest BCUT2D eigenvalue weighted by Crippen LogP contribution is -2.22. The number of hydrogen-bond acceptors (Lipinski definition) is 4. The maximum absolute atomic E-state index is 12.9. The molecule has 3 aromatic rings. The van der Waals surface area contributed by atoms with Crippen molar-refractivity contribution in [3.63, 3.8) is 0 Å². The topological polar surface area (TPSA) is 60.9 Å². The minimum absolute atomic E-state index is 0.0456. The van der Waals surface area contributed by atoms with Gasteiger partial charge < -0.3 is 8.98 Å². The van der Waals surface area contributed by atoms with Crippen LogP contribution in [0.2, 0.25) is 0 Å². The monoisotopic (exact) mass is 339 g/mol. The quantitative estimate of drug-likeness (QED) is 0.688. The molecule has 0 amide bonds. The van der Waals surface area contributed by atoms with Crippen molar-refractivity contribution in [2.75, 3.05) is 0 Å². The number of alkyl halides is 3. The zero-order valence-corrected chi connectivity index (χ0v) is 11.9. The normalized spacial score (nSPS) is 11.7. The molecule has 2 aromatic heterocycles. The molecule has 2 heterocycles. The van der Waals surface area contributed by atoms with Crippen molar-refractivity contribution in [1.29, 1.82) is 0 Å². The molecule has 3 rings (SSSR count). The first kappa shape index (κ1) is 15.9. The van der Waals surface area contributed by atoms with Crippen molar-refractivity contribution in [1.82, 2.24) is 14.8 Å². The number of halogens is 4. The van der Waals surface area contributed by atoms with E-state index < -0.39 is 23.1 Å².